The van der Waals surface area contributed by atoms with E-state index in [9.17, 15) is 0 Å². The predicted molar refractivity (Wildman–Crippen MR) is 74.8 cm³/mol. The standard InChI is InChI=1S/C12H6ClN5S/c13-11-14-5-7-6-15-18(10(7)17-11)12-16-8-3-1-2-4-9(8)19-12/h1-6H. The number of rotatable bonds is 1. The molecule has 7 heteroatoms. The first-order valence-electron chi connectivity index (χ1n) is 5.53. The average molecular weight is 288 g/mol. The van der Waals surface area contributed by atoms with Crippen LogP contribution in [0.3, 0.4) is 0 Å². The van der Waals surface area contributed by atoms with Gasteiger partial charge in [-0.1, -0.05) is 23.5 Å². The lowest BCUT2D eigenvalue weighted by atomic mass is 10.3. The van der Waals surface area contributed by atoms with Gasteiger partial charge in [-0.3, -0.25) is 0 Å². The molecule has 0 spiro atoms. The van der Waals surface area contributed by atoms with Crippen molar-refractivity contribution < 1.29 is 0 Å². The van der Waals surface area contributed by atoms with E-state index in [1.165, 1.54) is 0 Å². The monoisotopic (exact) mass is 287 g/mol. The molecular weight excluding hydrogens is 282 g/mol. The van der Waals surface area contributed by atoms with Crippen molar-refractivity contribution in [1.29, 1.82) is 0 Å². The normalized spacial score (nSPS) is 11.4. The molecule has 0 amide bonds. The van der Waals surface area contributed by atoms with Gasteiger partial charge in [-0.2, -0.15) is 14.8 Å². The van der Waals surface area contributed by atoms with E-state index in [2.05, 4.69) is 20.1 Å². The molecule has 0 aliphatic carbocycles. The number of nitrogens with zero attached hydrogens (tertiary/aromatic N) is 5. The highest BCUT2D eigenvalue weighted by Gasteiger charge is 2.11. The third kappa shape index (κ3) is 1.68. The molecule has 4 aromatic rings. The number of para-hydroxylation sites is 1. The van der Waals surface area contributed by atoms with Gasteiger partial charge in [0, 0.05) is 6.20 Å². The molecular formula is C12H6ClN5S. The van der Waals surface area contributed by atoms with Crippen molar-refractivity contribution in [2.24, 2.45) is 0 Å². The van der Waals surface area contributed by atoms with Gasteiger partial charge in [0.25, 0.3) is 0 Å². The molecule has 19 heavy (non-hydrogen) atoms. The van der Waals surface area contributed by atoms with E-state index < -0.39 is 0 Å². The number of fused-ring (bicyclic) bond motifs is 2. The van der Waals surface area contributed by atoms with E-state index in [0.717, 1.165) is 20.7 Å². The summed E-state index contributed by atoms with van der Waals surface area (Å²) in [6.45, 7) is 0. The predicted octanol–water partition coefficient (Wildman–Crippen LogP) is 3.08. The summed E-state index contributed by atoms with van der Waals surface area (Å²) in [5.74, 6) is 0. The maximum atomic E-state index is 5.83. The lowest BCUT2D eigenvalue weighted by Crippen LogP contribution is -1.97. The van der Waals surface area contributed by atoms with Gasteiger partial charge in [-0.15, -0.1) is 0 Å². The molecule has 0 fully saturated rings. The Labute approximate surface area is 116 Å². The van der Waals surface area contributed by atoms with Gasteiger partial charge in [0.15, 0.2) is 5.65 Å². The molecule has 0 unspecified atom stereocenters. The van der Waals surface area contributed by atoms with Crippen LogP contribution in [-0.2, 0) is 0 Å². The number of hydrogen-bond donors (Lipinski definition) is 0. The summed E-state index contributed by atoms with van der Waals surface area (Å²) >= 11 is 7.39. The zero-order chi connectivity index (χ0) is 12.8. The highest BCUT2D eigenvalue weighted by molar-refractivity contribution is 7.20. The Morgan fingerprint density at radius 1 is 1.11 bits per heavy atom. The lowest BCUT2D eigenvalue weighted by molar-refractivity contribution is 0.887. The molecule has 0 saturated carbocycles. The SMILES string of the molecule is Clc1ncc2cnn(-c3nc4ccccc4s3)c2n1. The van der Waals surface area contributed by atoms with Crippen molar-refractivity contribution >= 4 is 44.2 Å². The van der Waals surface area contributed by atoms with Crippen LogP contribution in [0.15, 0.2) is 36.7 Å². The first kappa shape index (κ1) is 10.8. The molecule has 0 aliphatic rings. The van der Waals surface area contributed by atoms with Crippen LogP contribution < -0.4 is 0 Å². The molecule has 0 N–H and O–H groups in total. The molecule has 0 atom stereocenters. The summed E-state index contributed by atoms with van der Waals surface area (Å²) < 4.78 is 2.80. The highest BCUT2D eigenvalue weighted by Crippen LogP contribution is 2.26. The van der Waals surface area contributed by atoms with Crippen LogP contribution in [0.2, 0.25) is 5.28 Å². The van der Waals surface area contributed by atoms with Gasteiger partial charge >= 0.3 is 0 Å². The molecule has 1 aromatic carbocycles. The van der Waals surface area contributed by atoms with Gasteiger partial charge in [0.2, 0.25) is 10.4 Å². The average Bonchev–Trinajstić information content (AvgIpc) is 3.00. The van der Waals surface area contributed by atoms with Gasteiger partial charge in [0.1, 0.15) is 0 Å². The summed E-state index contributed by atoms with van der Waals surface area (Å²) in [5, 5.41) is 6.12. The smallest absolute Gasteiger partial charge is 0.224 e. The fourth-order valence-electron chi connectivity index (χ4n) is 1.89. The van der Waals surface area contributed by atoms with Gasteiger partial charge in [0.05, 0.1) is 21.8 Å². The maximum Gasteiger partial charge on any atom is 0.224 e. The summed E-state index contributed by atoms with van der Waals surface area (Å²) in [7, 11) is 0. The third-order valence-corrected chi connectivity index (χ3v) is 3.94. The Morgan fingerprint density at radius 2 is 2.00 bits per heavy atom. The second-order valence-electron chi connectivity index (χ2n) is 3.94. The molecule has 5 nitrogen and oxygen atoms in total. The Balaban J connectivity index is 2.00. The molecule has 3 heterocycles. The van der Waals surface area contributed by atoms with Crippen LogP contribution in [0.4, 0.5) is 0 Å². The second kappa shape index (κ2) is 3.97. The summed E-state index contributed by atoms with van der Waals surface area (Å²) in [6.07, 6.45) is 3.36. The van der Waals surface area contributed by atoms with Crippen molar-refractivity contribution in [3.05, 3.63) is 41.9 Å². The van der Waals surface area contributed by atoms with Crippen LogP contribution in [-0.4, -0.2) is 24.7 Å². The molecule has 0 aliphatic heterocycles. The van der Waals surface area contributed by atoms with Gasteiger partial charge in [-0.05, 0) is 23.7 Å². The van der Waals surface area contributed by atoms with Crippen molar-refractivity contribution in [3.8, 4) is 5.13 Å². The quantitative estimate of drug-likeness (QED) is 0.505. The number of halogens is 1. The van der Waals surface area contributed by atoms with E-state index in [0.29, 0.717) is 5.65 Å². The van der Waals surface area contributed by atoms with Gasteiger partial charge in [-0.25, -0.2) is 9.97 Å². The Bertz CT molecular complexity index is 864. The number of thiazole rings is 1. The largest absolute Gasteiger partial charge is 0.226 e. The third-order valence-electron chi connectivity index (χ3n) is 2.74. The van der Waals surface area contributed by atoms with Crippen LogP contribution in [0.5, 0.6) is 0 Å². The molecule has 4 rings (SSSR count). The topological polar surface area (TPSA) is 56.5 Å². The first-order valence-corrected chi connectivity index (χ1v) is 6.73. The van der Waals surface area contributed by atoms with E-state index >= 15 is 0 Å². The Morgan fingerprint density at radius 3 is 2.89 bits per heavy atom. The maximum absolute atomic E-state index is 5.83. The van der Waals surface area contributed by atoms with Crippen molar-refractivity contribution in [2.45, 2.75) is 0 Å². The molecule has 0 saturated heterocycles. The van der Waals surface area contributed by atoms with E-state index in [1.807, 2.05) is 24.3 Å². The summed E-state index contributed by atoms with van der Waals surface area (Å²) in [4.78, 5) is 12.7. The van der Waals surface area contributed by atoms with Crippen LogP contribution in [0, 0.1) is 0 Å². The molecule has 3 aromatic heterocycles. The molecule has 92 valence electrons. The minimum atomic E-state index is 0.204. The van der Waals surface area contributed by atoms with Crippen molar-refractivity contribution in [2.75, 3.05) is 0 Å². The zero-order valence-electron chi connectivity index (χ0n) is 9.49. The zero-order valence-corrected chi connectivity index (χ0v) is 11.1. The molecule has 0 radical (unpaired) electrons. The van der Waals surface area contributed by atoms with Crippen LogP contribution >= 0.6 is 22.9 Å². The minimum Gasteiger partial charge on any atom is -0.226 e. The van der Waals surface area contributed by atoms with E-state index in [-0.39, 0.29) is 5.28 Å². The number of hydrogen-bond acceptors (Lipinski definition) is 5. The van der Waals surface area contributed by atoms with Crippen LogP contribution in [0.1, 0.15) is 0 Å². The van der Waals surface area contributed by atoms with E-state index in [1.54, 1.807) is 28.4 Å². The van der Waals surface area contributed by atoms with Gasteiger partial charge < -0.3 is 0 Å². The number of aromatic nitrogens is 5. The van der Waals surface area contributed by atoms with Crippen molar-refractivity contribution in [3.63, 3.8) is 0 Å². The second-order valence-corrected chi connectivity index (χ2v) is 5.29. The number of benzene rings is 1. The summed E-state index contributed by atoms with van der Waals surface area (Å²) in [5.41, 5.74) is 1.62. The fourth-order valence-corrected chi connectivity index (χ4v) is 2.94. The Hall–Kier alpha value is -2.05. The van der Waals surface area contributed by atoms with Crippen molar-refractivity contribution in [1.82, 2.24) is 24.7 Å². The first-order chi connectivity index (χ1) is 9.31. The fraction of sp³-hybridized carbons (Fsp3) is 0. The summed E-state index contributed by atoms with van der Waals surface area (Å²) in [6, 6.07) is 7.96. The van der Waals surface area contributed by atoms with Crippen LogP contribution in [0.25, 0.3) is 26.4 Å². The highest BCUT2D eigenvalue weighted by atomic mass is 35.5. The Kier molecular flexibility index (Phi) is 2.27. The lowest BCUT2D eigenvalue weighted by Gasteiger charge is -1.96. The van der Waals surface area contributed by atoms with E-state index in [4.69, 9.17) is 11.6 Å². The molecule has 0 bridgehead atoms. The minimum absolute atomic E-state index is 0.204.